The zero-order chi connectivity index (χ0) is 15.7. The number of carboxylic acid groups (broad SMARTS) is 1. The molecule has 2 amide bonds. The van der Waals surface area contributed by atoms with Gasteiger partial charge < -0.3 is 20.1 Å². The molecule has 1 atom stereocenters. The minimum atomic E-state index is -0.896. The lowest BCUT2D eigenvalue weighted by atomic mass is 9.98. The van der Waals surface area contributed by atoms with Crippen molar-refractivity contribution < 1.29 is 19.4 Å². The van der Waals surface area contributed by atoms with E-state index in [9.17, 15) is 9.59 Å². The van der Waals surface area contributed by atoms with E-state index >= 15 is 0 Å². The molecule has 1 unspecified atom stereocenters. The van der Waals surface area contributed by atoms with Gasteiger partial charge in [0.1, 0.15) is 0 Å². The summed E-state index contributed by atoms with van der Waals surface area (Å²) in [6.07, 6.45) is 6.00. The van der Waals surface area contributed by atoms with Gasteiger partial charge in [0, 0.05) is 26.7 Å². The van der Waals surface area contributed by atoms with Gasteiger partial charge in [0.15, 0.2) is 0 Å². The van der Waals surface area contributed by atoms with Gasteiger partial charge in [-0.15, -0.1) is 0 Å². The highest BCUT2D eigenvalue weighted by molar-refractivity contribution is 5.74. The van der Waals surface area contributed by atoms with E-state index < -0.39 is 5.97 Å². The molecule has 6 heteroatoms. The highest BCUT2D eigenvalue weighted by atomic mass is 16.5. The molecule has 0 aromatic rings. The van der Waals surface area contributed by atoms with E-state index in [1.807, 2.05) is 6.92 Å². The molecule has 122 valence electrons. The number of nitrogens with one attached hydrogen (secondary N) is 1. The summed E-state index contributed by atoms with van der Waals surface area (Å²) in [5.74, 6) is -0.279. The molecule has 1 fully saturated rings. The van der Waals surface area contributed by atoms with Crippen molar-refractivity contribution >= 4 is 12.0 Å². The Balaban J connectivity index is 2.25. The maximum absolute atomic E-state index is 11.8. The Morgan fingerprint density at radius 1 is 1.38 bits per heavy atom. The van der Waals surface area contributed by atoms with Crippen LogP contribution in [0, 0.1) is 5.92 Å². The van der Waals surface area contributed by atoms with Crippen molar-refractivity contribution in [3.63, 3.8) is 0 Å². The van der Waals surface area contributed by atoms with E-state index in [-0.39, 0.29) is 25.1 Å². The molecule has 1 aliphatic carbocycles. The lowest BCUT2D eigenvalue weighted by Gasteiger charge is -2.24. The summed E-state index contributed by atoms with van der Waals surface area (Å²) in [5.41, 5.74) is 0. The minimum absolute atomic E-state index is 0.0342. The second-order valence-electron chi connectivity index (χ2n) is 5.62. The normalized spacial score (nSPS) is 16.7. The fourth-order valence-electron chi connectivity index (χ4n) is 2.82. The Labute approximate surface area is 126 Å². The smallest absolute Gasteiger partial charge is 0.317 e. The van der Waals surface area contributed by atoms with Crippen LogP contribution in [0.3, 0.4) is 0 Å². The first-order valence-electron chi connectivity index (χ1n) is 7.87. The molecule has 0 bridgehead atoms. The zero-order valence-electron chi connectivity index (χ0n) is 13.1. The summed E-state index contributed by atoms with van der Waals surface area (Å²) in [6, 6.07) is -0.224. The van der Waals surface area contributed by atoms with E-state index in [0.29, 0.717) is 19.1 Å². The fourth-order valence-corrected chi connectivity index (χ4v) is 2.82. The van der Waals surface area contributed by atoms with Crippen molar-refractivity contribution in [3.8, 4) is 0 Å². The number of rotatable bonds is 9. The molecular weight excluding hydrogens is 272 g/mol. The average Bonchev–Trinajstić information content (AvgIpc) is 2.97. The third-order valence-corrected chi connectivity index (χ3v) is 4.02. The van der Waals surface area contributed by atoms with Crippen LogP contribution in [-0.2, 0) is 9.53 Å². The third-order valence-electron chi connectivity index (χ3n) is 4.02. The predicted molar refractivity (Wildman–Crippen MR) is 80.3 cm³/mol. The molecule has 1 saturated carbocycles. The molecule has 0 heterocycles. The van der Waals surface area contributed by atoms with Crippen molar-refractivity contribution in [3.05, 3.63) is 0 Å². The molecule has 0 aromatic heterocycles. The molecule has 0 spiro atoms. The van der Waals surface area contributed by atoms with E-state index in [2.05, 4.69) is 5.32 Å². The van der Waals surface area contributed by atoms with Crippen LogP contribution in [0.5, 0.6) is 0 Å². The van der Waals surface area contributed by atoms with Gasteiger partial charge in [0.25, 0.3) is 0 Å². The lowest BCUT2D eigenvalue weighted by Crippen LogP contribution is -2.40. The highest BCUT2D eigenvalue weighted by Gasteiger charge is 2.25. The number of hydrogen-bond donors (Lipinski definition) is 2. The van der Waals surface area contributed by atoms with Gasteiger partial charge in [-0.2, -0.15) is 0 Å². The number of hydrogen-bond acceptors (Lipinski definition) is 3. The van der Waals surface area contributed by atoms with Crippen LogP contribution < -0.4 is 5.32 Å². The molecule has 0 saturated heterocycles. The van der Waals surface area contributed by atoms with Crippen LogP contribution in [0.15, 0.2) is 0 Å². The SMILES string of the molecule is CCOC(CCNC(=O)N(C)CCC(=O)O)C1CCCC1. The summed E-state index contributed by atoms with van der Waals surface area (Å²) in [6.45, 7) is 3.49. The Morgan fingerprint density at radius 3 is 2.62 bits per heavy atom. The first kappa shape index (κ1) is 17.8. The van der Waals surface area contributed by atoms with E-state index in [1.165, 1.54) is 30.6 Å². The Kier molecular flexibility index (Phi) is 8.12. The number of amides is 2. The van der Waals surface area contributed by atoms with Crippen LogP contribution in [0.25, 0.3) is 0 Å². The van der Waals surface area contributed by atoms with Gasteiger partial charge in [0.05, 0.1) is 12.5 Å². The summed E-state index contributed by atoms with van der Waals surface area (Å²) in [7, 11) is 1.61. The first-order chi connectivity index (χ1) is 10.0. The highest BCUT2D eigenvalue weighted by Crippen LogP contribution is 2.30. The summed E-state index contributed by atoms with van der Waals surface area (Å²) in [5, 5.41) is 11.4. The van der Waals surface area contributed by atoms with Gasteiger partial charge in [-0.25, -0.2) is 4.79 Å². The molecule has 0 radical (unpaired) electrons. The van der Waals surface area contributed by atoms with Crippen molar-refractivity contribution in [2.75, 3.05) is 26.7 Å². The van der Waals surface area contributed by atoms with Crippen molar-refractivity contribution in [2.45, 2.75) is 51.6 Å². The zero-order valence-corrected chi connectivity index (χ0v) is 13.1. The maximum atomic E-state index is 11.8. The number of carboxylic acids is 1. The maximum Gasteiger partial charge on any atom is 0.317 e. The van der Waals surface area contributed by atoms with Crippen molar-refractivity contribution in [2.24, 2.45) is 5.92 Å². The average molecular weight is 300 g/mol. The van der Waals surface area contributed by atoms with E-state index in [1.54, 1.807) is 7.05 Å². The number of ether oxygens (including phenoxy) is 1. The van der Waals surface area contributed by atoms with Gasteiger partial charge >= 0.3 is 12.0 Å². The van der Waals surface area contributed by atoms with Gasteiger partial charge in [0.2, 0.25) is 0 Å². The Hall–Kier alpha value is -1.30. The number of urea groups is 1. The van der Waals surface area contributed by atoms with Crippen molar-refractivity contribution in [1.29, 1.82) is 0 Å². The Bertz CT molecular complexity index is 330. The van der Waals surface area contributed by atoms with Crippen LogP contribution >= 0.6 is 0 Å². The molecule has 6 nitrogen and oxygen atoms in total. The van der Waals surface area contributed by atoms with Crippen LogP contribution in [0.2, 0.25) is 0 Å². The molecule has 0 aliphatic heterocycles. The number of carbonyl (C=O) groups is 2. The molecule has 2 N–H and O–H groups in total. The van der Waals surface area contributed by atoms with Gasteiger partial charge in [-0.1, -0.05) is 12.8 Å². The topological polar surface area (TPSA) is 78.9 Å². The van der Waals surface area contributed by atoms with Gasteiger partial charge in [-0.05, 0) is 32.1 Å². The Morgan fingerprint density at radius 2 is 2.05 bits per heavy atom. The fraction of sp³-hybridized carbons (Fsp3) is 0.867. The van der Waals surface area contributed by atoms with E-state index in [0.717, 1.165) is 6.42 Å². The van der Waals surface area contributed by atoms with Gasteiger partial charge in [-0.3, -0.25) is 4.79 Å². The second-order valence-corrected chi connectivity index (χ2v) is 5.62. The number of nitrogens with zero attached hydrogens (tertiary/aromatic N) is 1. The third kappa shape index (κ3) is 6.80. The van der Waals surface area contributed by atoms with Crippen molar-refractivity contribution in [1.82, 2.24) is 10.2 Å². The van der Waals surface area contributed by atoms with Crippen LogP contribution in [0.1, 0.15) is 45.4 Å². The summed E-state index contributed by atoms with van der Waals surface area (Å²) < 4.78 is 5.80. The van der Waals surface area contributed by atoms with E-state index in [4.69, 9.17) is 9.84 Å². The van der Waals surface area contributed by atoms with Crippen LogP contribution in [-0.4, -0.2) is 54.9 Å². The second kappa shape index (κ2) is 9.60. The monoisotopic (exact) mass is 300 g/mol. The molecule has 21 heavy (non-hydrogen) atoms. The number of carbonyl (C=O) groups excluding carboxylic acids is 1. The minimum Gasteiger partial charge on any atom is -0.481 e. The molecular formula is C15H28N2O4. The standard InChI is InChI=1S/C15H28N2O4/c1-3-21-13(12-6-4-5-7-12)8-10-16-15(20)17(2)11-9-14(18)19/h12-13H,3-11H2,1-2H3,(H,16,20)(H,18,19). The lowest BCUT2D eigenvalue weighted by molar-refractivity contribution is -0.137. The predicted octanol–water partition coefficient (Wildman–Crippen LogP) is 2.09. The molecule has 0 aromatic carbocycles. The molecule has 1 aliphatic rings. The quantitative estimate of drug-likeness (QED) is 0.683. The van der Waals surface area contributed by atoms with Crippen LogP contribution in [0.4, 0.5) is 4.79 Å². The summed E-state index contributed by atoms with van der Waals surface area (Å²) >= 11 is 0. The molecule has 1 rings (SSSR count). The summed E-state index contributed by atoms with van der Waals surface area (Å²) in [4.78, 5) is 23.7. The largest absolute Gasteiger partial charge is 0.481 e. The number of aliphatic carboxylic acids is 1. The first-order valence-corrected chi connectivity index (χ1v) is 7.87.